The van der Waals surface area contributed by atoms with Crippen LogP contribution in [0.1, 0.15) is 26.1 Å². The Hall–Kier alpha value is -2.44. The summed E-state index contributed by atoms with van der Waals surface area (Å²) in [5.74, 6) is 2.16. The van der Waals surface area contributed by atoms with Crippen molar-refractivity contribution in [1.82, 2.24) is 20.0 Å². The van der Waals surface area contributed by atoms with Gasteiger partial charge in [0.1, 0.15) is 5.82 Å². The molecule has 3 heterocycles. The van der Waals surface area contributed by atoms with Gasteiger partial charge < -0.3 is 14.3 Å². The van der Waals surface area contributed by atoms with E-state index < -0.39 is 0 Å². The molecule has 24 heavy (non-hydrogen) atoms. The molecule has 1 aliphatic rings. The molecule has 0 atom stereocenters. The van der Waals surface area contributed by atoms with E-state index in [1.165, 1.54) is 0 Å². The lowest BCUT2D eigenvalue weighted by Gasteiger charge is -2.24. The number of amides is 1. The lowest BCUT2D eigenvalue weighted by molar-refractivity contribution is -0.134. The van der Waals surface area contributed by atoms with Crippen LogP contribution < -0.4 is 4.90 Å². The van der Waals surface area contributed by atoms with Crippen molar-refractivity contribution in [2.45, 2.75) is 27.2 Å². The topological polar surface area (TPSA) is 75.4 Å². The standard InChI is InChI=1S/C17H23N5O2/c1-12(2)17(23)22-9-5-8-21(10-11-22)15-14(6-4-7-18-15)16-19-13(3)20-24-16/h4,6-7,12H,5,8-11H2,1-3H3. The first kappa shape index (κ1) is 16.4. The molecule has 2 aromatic rings. The number of nitrogens with zero attached hydrogens (tertiary/aromatic N) is 5. The molecule has 128 valence electrons. The van der Waals surface area contributed by atoms with Gasteiger partial charge in [0.15, 0.2) is 5.82 Å². The number of hydrogen-bond acceptors (Lipinski definition) is 6. The Balaban J connectivity index is 1.81. The van der Waals surface area contributed by atoms with E-state index in [1.54, 1.807) is 13.1 Å². The second kappa shape index (κ2) is 6.98. The van der Waals surface area contributed by atoms with Crippen LogP contribution in [-0.4, -0.2) is 52.1 Å². The molecule has 1 saturated heterocycles. The van der Waals surface area contributed by atoms with E-state index in [0.717, 1.165) is 37.4 Å². The van der Waals surface area contributed by atoms with E-state index in [9.17, 15) is 4.79 Å². The highest BCUT2D eigenvalue weighted by Gasteiger charge is 2.24. The Bertz CT molecular complexity index is 713. The van der Waals surface area contributed by atoms with Crippen LogP contribution in [0.3, 0.4) is 0 Å². The third kappa shape index (κ3) is 3.39. The van der Waals surface area contributed by atoms with Crippen LogP contribution in [0.15, 0.2) is 22.9 Å². The van der Waals surface area contributed by atoms with Gasteiger partial charge in [-0.15, -0.1) is 0 Å². The molecule has 0 radical (unpaired) electrons. The molecule has 0 aromatic carbocycles. The molecule has 0 N–H and O–H groups in total. The van der Waals surface area contributed by atoms with Crippen molar-refractivity contribution in [3.8, 4) is 11.5 Å². The smallest absolute Gasteiger partial charge is 0.261 e. The minimum atomic E-state index is 0.0309. The largest absolute Gasteiger partial charge is 0.354 e. The van der Waals surface area contributed by atoms with Gasteiger partial charge in [-0.2, -0.15) is 4.98 Å². The average molecular weight is 329 g/mol. The van der Waals surface area contributed by atoms with E-state index in [-0.39, 0.29) is 11.8 Å². The number of anilines is 1. The zero-order chi connectivity index (χ0) is 17.1. The summed E-state index contributed by atoms with van der Waals surface area (Å²) in [4.78, 5) is 25.2. The highest BCUT2D eigenvalue weighted by Crippen LogP contribution is 2.28. The number of carbonyl (C=O) groups is 1. The summed E-state index contributed by atoms with van der Waals surface area (Å²) < 4.78 is 5.31. The van der Waals surface area contributed by atoms with Gasteiger partial charge in [-0.25, -0.2) is 4.98 Å². The van der Waals surface area contributed by atoms with E-state index >= 15 is 0 Å². The summed E-state index contributed by atoms with van der Waals surface area (Å²) in [6.45, 7) is 8.77. The highest BCUT2D eigenvalue weighted by atomic mass is 16.5. The predicted molar refractivity (Wildman–Crippen MR) is 90.5 cm³/mol. The molecule has 7 nitrogen and oxygen atoms in total. The van der Waals surface area contributed by atoms with E-state index in [4.69, 9.17) is 4.52 Å². The number of aryl methyl sites for hydroxylation is 1. The second-order valence-electron chi connectivity index (χ2n) is 6.34. The molecule has 3 rings (SSSR count). The third-order valence-electron chi connectivity index (χ3n) is 4.15. The molecule has 0 bridgehead atoms. The van der Waals surface area contributed by atoms with Gasteiger partial charge >= 0.3 is 0 Å². The fourth-order valence-electron chi connectivity index (χ4n) is 2.94. The number of rotatable bonds is 3. The van der Waals surface area contributed by atoms with Crippen molar-refractivity contribution in [2.24, 2.45) is 5.92 Å². The Kier molecular flexibility index (Phi) is 4.78. The van der Waals surface area contributed by atoms with Gasteiger partial charge in [0, 0.05) is 38.3 Å². The predicted octanol–water partition coefficient (Wildman–Crippen LogP) is 2.13. The van der Waals surface area contributed by atoms with E-state index in [1.807, 2.05) is 30.9 Å². The van der Waals surface area contributed by atoms with Crippen molar-refractivity contribution in [1.29, 1.82) is 0 Å². The fourth-order valence-corrected chi connectivity index (χ4v) is 2.94. The van der Waals surface area contributed by atoms with Crippen LogP contribution in [0.2, 0.25) is 0 Å². The molecule has 1 amide bonds. The molecule has 1 aliphatic heterocycles. The quantitative estimate of drug-likeness (QED) is 0.859. The van der Waals surface area contributed by atoms with Crippen molar-refractivity contribution in [2.75, 3.05) is 31.1 Å². The number of aromatic nitrogens is 3. The molecule has 2 aromatic heterocycles. The van der Waals surface area contributed by atoms with Crippen LogP contribution in [0.5, 0.6) is 0 Å². The van der Waals surface area contributed by atoms with Crippen molar-refractivity contribution in [3.05, 3.63) is 24.2 Å². The normalized spacial score (nSPS) is 15.7. The maximum absolute atomic E-state index is 12.2. The molecule has 1 fully saturated rings. The SMILES string of the molecule is Cc1noc(-c2cccnc2N2CCCN(C(=O)C(C)C)CC2)n1. The summed E-state index contributed by atoms with van der Waals surface area (Å²) in [5, 5.41) is 3.87. The molecular formula is C17H23N5O2. The minimum Gasteiger partial charge on any atom is -0.354 e. The molecule has 0 unspecified atom stereocenters. The first-order chi connectivity index (χ1) is 11.6. The van der Waals surface area contributed by atoms with Gasteiger partial charge in [0.05, 0.1) is 5.56 Å². The number of pyridine rings is 1. The monoisotopic (exact) mass is 329 g/mol. The Labute approximate surface area is 141 Å². The van der Waals surface area contributed by atoms with Crippen LogP contribution in [-0.2, 0) is 4.79 Å². The highest BCUT2D eigenvalue weighted by molar-refractivity contribution is 5.78. The first-order valence-corrected chi connectivity index (χ1v) is 8.35. The Morgan fingerprint density at radius 3 is 2.79 bits per heavy atom. The van der Waals surface area contributed by atoms with E-state index in [0.29, 0.717) is 18.3 Å². The Morgan fingerprint density at radius 1 is 1.25 bits per heavy atom. The van der Waals surface area contributed by atoms with Crippen LogP contribution >= 0.6 is 0 Å². The lowest BCUT2D eigenvalue weighted by Crippen LogP contribution is -2.37. The average Bonchev–Trinajstić information content (AvgIpc) is 2.87. The minimum absolute atomic E-state index is 0.0309. The van der Waals surface area contributed by atoms with Crippen LogP contribution in [0.25, 0.3) is 11.5 Å². The molecule has 0 aliphatic carbocycles. The first-order valence-electron chi connectivity index (χ1n) is 8.35. The molecule has 0 saturated carbocycles. The Morgan fingerprint density at radius 2 is 2.08 bits per heavy atom. The third-order valence-corrected chi connectivity index (χ3v) is 4.15. The summed E-state index contributed by atoms with van der Waals surface area (Å²) in [7, 11) is 0. The summed E-state index contributed by atoms with van der Waals surface area (Å²) in [5.41, 5.74) is 0.835. The van der Waals surface area contributed by atoms with E-state index in [2.05, 4.69) is 20.0 Å². The van der Waals surface area contributed by atoms with Crippen molar-refractivity contribution in [3.63, 3.8) is 0 Å². The van der Waals surface area contributed by atoms with Gasteiger partial charge in [-0.1, -0.05) is 19.0 Å². The maximum Gasteiger partial charge on any atom is 0.261 e. The van der Waals surface area contributed by atoms with Crippen molar-refractivity contribution >= 4 is 11.7 Å². The van der Waals surface area contributed by atoms with Gasteiger partial charge in [-0.3, -0.25) is 4.79 Å². The maximum atomic E-state index is 12.2. The van der Waals surface area contributed by atoms with Gasteiger partial charge in [0.2, 0.25) is 5.91 Å². The molecule has 0 spiro atoms. The summed E-state index contributed by atoms with van der Waals surface area (Å²) >= 11 is 0. The van der Waals surface area contributed by atoms with Crippen LogP contribution in [0, 0.1) is 12.8 Å². The van der Waals surface area contributed by atoms with Gasteiger partial charge in [-0.05, 0) is 25.5 Å². The lowest BCUT2D eigenvalue weighted by atomic mass is 10.2. The van der Waals surface area contributed by atoms with Gasteiger partial charge in [0.25, 0.3) is 5.89 Å². The van der Waals surface area contributed by atoms with Crippen LogP contribution in [0.4, 0.5) is 5.82 Å². The number of carbonyl (C=O) groups excluding carboxylic acids is 1. The fraction of sp³-hybridized carbons (Fsp3) is 0.529. The second-order valence-corrected chi connectivity index (χ2v) is 6.34. The van der Waals surface area contributed by atoms with Crippen molar-refractivity contribution < 1.29 is 9.32 Å². The molecule has 7 heteroatoms. The molecular weight excluding hydrogens is 306 g/mol. The summed E-state index contributed by atoms with van der Waals surface area (Å²) in [6.07, 6.45) is 2.68. The zero-order valence-corrected chi connectivity index (χ0v) is 14.4. The summed E-state index contributed by atoms with van der Waals surface area (Å²) in [6, 6.07) is 3.81. The number of hydrogen-bond donors (Lipinski definition) is 0. The zero-order valence-electron chi connectivity index (χ0n) is 14.4.